The average molecular weight is 404 g/mol. The van der Waals surface area contributed by atoms with Crippen molar-refractivity contribution in [3.8, 4) is 17.4 Å². The van der Waals surface area contributed by atoms with Gasteiger partial charge in [0.2, 0.25) is 11.8 Å². The number of nitrogens with zero attached hydrogens (tertiary/aromatic N) is 1. The van der Waals surface area contributed by atoms with Gasteiger partial charge in [-0.2, -0.15) is 0 Å². The van der Waals surface area contributed by atoms with Crippen LogP contribution in [0.1, 0.15) is 44.4 Å². The molecule has 2 N–H and O–H groups in total. The molecule has 4 rings (SSSR count). The first-order chi connectivity index (χ1) is 14.5. The third kappa shape index (κ3) is 3.96. The summed E-state index contributed by atoms with van der Waals surface area (Å²) in [6.07, 6.45) is 1.50. The zero-order chi connectivity index (χ0) is 21.1. The molecule has 1 amide bonds. The maximum atomic E-state index is 12.0. The van der Waals surface area contributed by atoms with Gasteiger partial charge in [-0.1, -0.05) is 12.1 Å². The van der Waals surface area contributed by atoms with E-state index in [2.05, 4.69) is 4.98 Å². The number of fused-ring (bicyclic) bond motifs is 1. The van der Waals surface area contributed by atoms with Crippen molar-refractivity contribution in [1.82, 2.24) is 4.98 Å². The number of aromatic nitrogens is 1. The highest BCUT2D eigenvalue weighted by atomic mass is 16.5. The number of hydrogen-bond acceptors (Lipinski definition) is 6. The highest BCUT2D eigenvalue weighted by Gasteiger charge is 2.22. The second-order valence-electron chi connectivity index (χ2n) is 6.80. The molecule has 2 aromatic carbocycles. The molecular weight excluding hydrogens is 384 g/mol. The van der Waals surface area contributed by atoms with Crippen LogP contribution in [-0.2, 0) is 0 Å². The fraction of sp³-hybridized carbons (Fsp3) is 0.174. The average Bonchev–Trinajstić information content (AvgIpc) is 2.77. The number of rotatable bonds is 6. The first kappa shape index (κ1) is 19.4. The predicted octanol–water partition coefficient (Wildman–Crippen LogP) is 3.32. The molecule has 2 heterocycles. The number of primary amides is 1. The highest BCUT2D eigenvalue weighted by molar-refractivity contribution is 5.99. The van der Waals surface area contributed by atoms with Gasteiger partial charge < -0.3 is 19.9 Å². The quantitative estimate of drug-likeness (QED) is 0.676. The zero-order valence-corrected chi connectivity index (χ0v) is 16.3. The van der Waals surface area contributed by atoms with Crippen molar-refractivity contribution < 1.29 is 23.8 Å². The monoisotopic (exact) mass is 404 g/mol. The maximum absolute atomic E-state index is 12.0. The normalized spacial score (nSPS) is 13.7. The summed E-state index contributed by atoms with van der Waals surface area (Å²) in [5.74, 6) is 1.07. The summed E-state index contributed by atoms with van der Waals surface area (Å²) < 4.78 is 17.2. The molecule has 7 heteroatoms. The molecule has 0 saturated carbocycles. The van der Waals surface area contributed by atoms with E-state index in [0.29, 0.717) is 41.5 Å². The summed E-state index contributed by atoms with van der Waals surface area (Å²) >= 11 is 0. The van der Waals surface area contributed by atoms with Crippen molar-refractivity contribution in [2.45, 2.75) is 12.5 Å². The van der Waals surface area contributed by atoms with Gasteiger partial charge in [-0.25, -0.2) is 4.98 Å². The van der Waals surface area contributed by atoms with Gasteiger partial charge in [0.25, 0.3) is 0 Å². The Labute approximate surface area is 173 Å². The summed E-state index contributed by atoms with van der Waals surface area (Å²) in [4.78, 5) is 27.6. The summed E-state index contributed by atoms with van der Waals surface area (Å²) in [5.41, 5.74) is 7.93. The van der Waals surface area contributed by atoms with Crippen LogP contribution < -0.4 is 19.9 Å². The van der Waals surface area contributed by atoms with Crippen LogP contribution in [0.25, 0.3) is 0 Å². The van der Waals surface area contributed by atoms with E-state index in [9.17, 15) is 9.59 Å². The molecule has 1 aliphatic rings. The number of benzene rings is 2. The summed E-state index contributed by atoms with van der Waals surface area (Å²) in [5, 5.41) is 0. The lowest BCUT2D eigenvalue weighted by atomic mass is 10.0. The smallest absolute Gasteiger partial charge is 0.248 e. The number of amides is 1. The van der Waals surface area contributed by atoms with Gasteiger partial charge in [-0.15, -0.1) is 0 Å². The molecule has 7 nitrogen and oxygen atoms in total. The van der Waals surface area contributed by atoms with E-state index >= 15 is 0 Å². The molecule has 0 fully saturated rings. The summed E-state index contributed by atoms with van der Waals surface area (Å²) in [6.45, 7) is 0.356. The van der Waals surface area contributed by atoms with Crippen LogP contribution in [0, 0.1) is 0 Å². The van der Waals surface area contributed by atoms with Crippen LogP contribution in [0.15, 0.2) is 60.8 Å². The van der Waals surface area contributed by atoms with E-state index in [1.165, 1.54) is 0 Å². The van der Waals surface area contributed by atoms with Crippen molar-refractivity contribution in [2.75, 3.05) is 13.7 Å². The minimum absolute atomic E-state index is 0.0558. The van der Waals surface area contributed by atoms with Crippen LogP contribution in [0.3, 0.4) is 0 Å². The van der Waals surface area contributed by atoms with E-state index in [1.807, 2.05) is 6.07 Å². The van der Waals surface area contributed by atoms with E-state index in [4.69, 9.17) is 19.9 Å². The van der Waals surface area contributed by atoms with E-state index in [-0.39, 0.29) is 5.78 Å². The molecule has 1 aromatic heterocycles. The van der Waals surface area contributed by atoms with Crippen LogP contribution in [0.2, 0.25) is 0 Å². The second-order valence-corrected chi connectivity index (χ2v) is 6.80. The minimum Gasteiger partial charge on any atom is -0.492 e. The van der Waals surface area contributed by atoms with Crippen molar-refractivity contribution in [3.63, 3.8) is 0 Å². The van der Waals surface area contributed by atoms with E-state index in [1.54, 1.807) is 61.8 Å². The first-order valence-electron chi connectivity index (χ1n) is 9.41. The molecule has 1 aliphatic heterocycles. The van der Waals surface area contributed by atoms with Gasteiger partial charge in [0.1, 0.15) is 17.6 Å². The Morgan fingerprint density at radius 2 is 1.90 bits per heavy atom. The molecule has 1 atom stereocenters. The molecule has 0 spiro atoms. The lowest BCUT2D eigenvalue weighted by molar-refractivity contribution is 0.0932. The SMILES string of the molecule is COc1cc([C@H](Oc2ccc3c(c2)OCCC3=O)c2ccc(C(N)=O)cc2)ccn1. The third-order valence-corrected chi connectivity index (χ3v) is 4.86. The van der Waals surface area contributed by atoms with Crippen LogP contribution in [0.5, 0.6) is 17.4 Å². The van der Waals surface area contributed by atoms with Crippen LogP contribution in [-0.4, -0.2) is 30.4 Å². The molecule has 152 valence electrons. The van der Waals surface area contributed by atoms with Crippen LogP contribution >= 0.6 is 0 Å². The van der Waals surface area contributed by atoms with Gasteiger partial charge in [0.05, 0.1) is 19.3 Å². The molecule has 0 aliphatic carbocycles. The van der Waals surface area contributed by atoms with Crippen LogP contribution in [0.4, 0.5) is 0 Å². The highest BCUT2D eigenvalue weighted by Crippen LogP contribution is 2.34. The standard InChI is InChI=1S/C23H20N2O5/c1-28-21-12-16(8-10-25-21)22(14-2-4-15(5-3-14)23(24)27)30-17-6-7-18-19(26)9-11-29-20(18)13-17/h2-8,10,12-13,22H,9,11H2,1H3,(H2,24,27)/t22-/m1/s1. The number of nitrogens with two attached hydrogens (primary N) is 1. The maximum Gasteiger partial charge on any atom is 0.248 e. The topological polar surface area (TPSA) is 101 Å². The number of hydrogen-bond donors (Lipinski definition) is 1. The Balaban J connectivity index is 1.71. The molecule has 0 bridgehead atoms. The first-order valence-corrected chi connectivity index (χ1v) is 9.41. The largest absolute Gasteiger partial charge is 0.492 e. The third-order valence-electron chi connectivity index (χ3n) is 4.86. The number of carbonyl (C=O) groups is 2. The van der Waals surface area contributed by atoms with Crippen molar-refractivity contribution >= 4 is 11.7 Å². The Hall–Kier alpha value is -3.87. The number of methoxy groups -OCH3 is 1. The fourth-order valence-corrected chi connectivity index (χ4v) is 3.30. The predicted molar refractivity (Wildman–Crippen MR) is 109 cm³/mol. The molecule has 0 unspecified atom stereocenters. The number of ketones is 1. The van der Waals surface area contributed by atoms with Crippen molar-refractivity contribution in [1.29, 1.82) is 0 Å². The van der Waals surface area contributed by atoms with Gasteiger partial charge in [0.15, 0.2) is 5.78 Å². The number of Topliss-reactive ketones (excluding diaryl/α,β-unsaturated/α-hetero) is 1. The van der Waals surface area contributed by atoms with Gasteiger partial charge in [0, 0.05) is 35.9 Å². The second kappa shape index (κ2) is 8.24. The Morgan fingerprint density at radius 3 is 2.63 bits per heavy atom. The Kier molecular flexibility index (Phi) is 5.34. The van der Waals surface area contributed by atoms with Crippen molar-refractivity contribution in [3.05, 3.63) is 83.0 Å². The van der Waals surface area contributed by atoms with Gasteiger partial charge >= 0.3 is 0 Å². The lowest BCUT2D eigenvalue weighted by Gasteiger charge is -2.22. The number of ether oxygens (including phenoxy) is 3. The molecular formula is C23H20N2O5. The molecule has 30 heavy (non-hydrogen) atoms. The molecule has 3 aromatic rings. The zero-order valence-electron chi connectivity index (χ0n) is 16.3. The van der Waals surface area contributed by atoms with E-state index < -0.39 is 12.0 Å². The minimum atomic E-state index is -0.513. The molecule has 0 saturated heterocycles. The lowest BCUT2D eigenvalue weighted by Crippen LogP contribution is -2.16. The summed E-state index contributed by atoms with van der Waals surface area (Å²) in [6, 6.07) is 15.7. The fourth-order valence-electron chi connectivity index (χ4n) is 3.30. The molecule has 0 radical (unpaired) electrons. The van der Waals surface area contributed by atoms with E-state index in [0.717, 1.165) is 11.1 Å². The number of carbonyl (C=O) groups excluding carboxylic acids is 2. The van der Waals surface area contributed by atoms with Gasteiger partial charge in [-0.3, -0.25) is 9.59 Å². The Morgan fingerprint density at radius 1 is 1.10 bits per heavy atom. The van der Waals surface area contributed by atoms with Gasteiger partial charge in [-0.05, 0) is 35.9 Å². The number of pyridine rings is 1. The summed E-state index contributed by atoms with van der Waals surface area (Å²) in [7, 11) is 1.54. The van der Waals surface area contributed by atoms with Crippen molar-refractivity contribution in [2.24, 2.45) is 5.73 Å². The Bertz CT molecular complexity index is 1100.